The molecule has 16 heavy (non-hydrogen) atoms. The summed E-state index contributed by atoms with van der Waals surface area (Å²) < 4.78 is 7.66. The maximum Gasteiger partial charge on any atom is 0.123 e. The van der Waals surface area contributed by atoms with Crippen molar-refractivity contribution in [3.63, 3.8) is 0 Å². The highest BCUT2D eigenvalue weighted by Crippen LogP contribution is 2.09. The fraction of sp³-hybridized carbons (Fsp3) is 0.727. The molecular formula is C11H23N3OSi. The zero-order chi connectivity index (χ0) is 12.2. The fourth-order valence-corrected chi connectivity index (χ4v) is 2.11. The summed E-state index contributed by atoms with van der Waals surface area (Å²) in [6.07, 6.45) is 1.80. The van der Waals surface area contributed by atoms with E-state index in [9.17, 15) is 0 Å². The summed E-state index contributed by atoms with van der Waals surface area (Å²) in [4.78, 5) is 4.23. The second kappa shape index (κ2) is 5.61. The fourth-order valence-electron chi connectivity index (χ4n) is 1.36. The van der Waals surface area contributed by atoms with Gasteiger partial charge in [-0.3, -0.25) is 0 Å². The van der Waals surface area contributed by atoms with Crippen molar-refractivity contribution in [1.29, 1.82) is 0 Å². The van der Waals surface area contributed by atoms with Crippen LogP contribution in [-0.2, 0) is 18.0 Å². The Bertz CT molecular complexity index is 330. The van der Waals surface area contributed by atoms with Gasteiger partial charge in [-0.2, -0.15) is 0 Å². The average molecular weight is 241 g/mol. The van der Waals surface area contributed by atoms with E-state index in [0.717, 1.165) is 18.0 Å². The third-order valence-electron chi connectivity index (χ3n) is 2.62. The van der Waals surface area contributed by atoms with Crippen LogP contribution in [0.25, 0.3) is 0 Å². The number of ether oxygens (including phenoxy) is 1. The molecule has 0 spiro atoms. The third kappa shape index (κ3) is 4.07. The van der Waals surface area contributed by atoms with Gasteiger partial charge in [-0.1, -0.05) is 19.6 Å². The van der Waals surface area contributed by atoms with Crippen molar-refractivity contribution >= 4 is 8.07 Å². The molecule has 0 unspecified atom stereocenters. The summed E-state index contributed by atoms with van der Waals surface area (Å²) >= 11 is 0. The van der Waals surface area contributed by atoms with Crippen molar-refractivity contribution in [1.82, 2.24) is 9.55 Å². The molecule has 0 radical (unpaired) electrons. The Kier molecular flexibility index (Phi) is 4.70. The van der Waals surface area contributed by atoms with Crippen molar-refractivity contribution in [2.45, 2.75) is 45.9 Å². The predicted octanol–water partition coefficient (Wildman–Crippen LogP) is 1.96. The van der Waals surface area contributed by atoms with E-state index < -0.39 is 8.07 Å². The van der Waals surface area contributed by atoms with Crippen molar-refractivity contribution in [3.05, 3.63) is 17.7 Å². The Hall–Kier alpha value is -0.653. The summed E-state index contributed by atoms with van der Waals surface area (Å²) in [5, 5.41) is 0. The Balaban J connectivity index is 2.35. The zero-order valence-corrected chi connectivity index (χ0v) is 11.8. The SMILES string of the molecule is Cc1c(CN)ncn1COCC[Si](C)(C)C. The van der Waals surface area contributed by atoms with Crippen LogP contribution in [0.1, 0.15) is 11.4 Å². The van der Waals surface area contributed by atoms with Crippen molar-refractivity contribution in [3.8, 4) is 0 Å². The van der Waals surface area contributed by atoms with Gasteiger partial charge in [0.1, 0.15) is 6.73 Å². The highest BCUT2D eigenvalue weighted by molar-refractivity contribution is 6.76. The van der Waals surface area contributed by atoms with Crippen LogP contribution in [0.4, 0.5) is 0 Å². The van der Waals surface area contributed by atoms with Crippen LogP contribution in [0.3, 0.4) is 0 Å². The molecule has 2 N–H and O–H groups in total. The van der Waals surface area contributed by atoms with E-state index in [4.69, 9.17) is 10.5 Å². The van der Waals surface area contributed by atoms with Gasteiger partial charge < -0.3 is 15.0 Å². The van der Waals surface area contributed by atoms with E-state index in [1.165, 1.54) is 6.04 Å². The van der Waals surface area contributed by atoms with Gasteiger partial charge in [0.15, 0.2) is 0 Å². The number of imidazole rings is 1. The first-order valence-electron chi connectivity index (χ1n) is 5.72. The maximum absolute atomic E-state index is 5.65. The number of nitrogens with zero attached hydrogens (tertiary/aromatic N) is 2. The largest absolute Gasteiger partial charge is 0.361 e. The highest BCUT2D eigenvalue weighted by atomic mass is 28.3. The van der Waals surface area contributed by atoms with Crippen molar-refractivity contribution < 1.29 is 4.74 Å². The molecule has 0 aliphatic carbocycles. The summed E-state index contributed by atoms with van der Waals surface area (Å²) in [6, 6.07) is 1.20. The molecule has 1 rings (SSSR count). The van der Waals surface area contributed by atoms with Crippen LogP contribution < -0.4 is 5.73 Å². The first-order valence-corrected chi connectivity index (χ1v) is 9.43. The quantitative estimate of drug-likeness (QED) is 0.612. The average Bonchev–Trinajstić information content (AvgIpc) is 2.53. The molecule has 92 valence electrons. The molecule has 0 aromatic carbocycles. The van der Waals surface area contributed by atoms with Gasteiger partial charge in [-0.25, -0.2) is 4.98 Å². The minimum atomic E-state index is -0.981. The van der Waals surface area contributed by atoms with Crippen LogP contribution in [0.5, 0.6) is 0 Å². The van der Waals surface area contributed by atoms with E-state index in [2.05, 4.69) is 24.6 Å². The monoisotopic (exact) mass is 241 g/mol. The molecule has 0 saturated carbocycles. The number of rotatable bonds is 6. The summed E-state index contributed by atoms with van der Waals surface area (Å²) in [6.45, 7) is 11.0. The lowest BCUT2D eigenvalue weighted by Crippen LogP contribution is -2.22. The number of hydrogen-bond acceptors (Lipinski definition) is 3. The predicted molar refractivity (Wildman–Crippen MR) is 69.0 cm³/mol. The van der Waals surface area contributed by atoms with Crippen LogP contribution in [0.15, 0.2) is 6.33 Å². The Labute approximate surface area is 98.8 Å². The molecule has 0 amide bonds. The Morgan fingerprint density at radius 1 is 1.44 bits per heavy atom. The molecule has 5 heteroatoms. The van der Waals surface area contributed by atoms with Crippen LogP contribution in [-0.4, -0.2) is 24.2 Å². The van der Waals surface area contributed by atoms with Gasteiger partial charge in [0.25, 0.3) is 0 Å². The van der Waals surface area contributed by atoms with Gasteiger partial charge in [0.05, 0.1) is 12.0 Å². The second-order valence-electron chi connectivity index (χ2n) is 5.30. The summed E-state index contributed by atoms with van der Waals surface area (Å²) in [5.41, 5.74) is 7.62. The lowest BCUT2D eigenvalue weighted by atomic mass is 10.3. The summed E-state index contributed by atoms with van der Waals surface area (Å²) in [5.74, 6) is 0. The zero-order valence-electron chi connectivity index (χ0n) is 10.8. The van der Waals surface area contributed by atoms with Gasteiger partial charge in [0, 0.05) is 26.9 Å². The van der Waals surface area contributed by atoms with E-state index in [-0.39, 0.29) is 0 Å². The normalized spacial score (nSPS) is 12.1. The molecule has 0 saturated heterocycles. The first-order chi connectivity index (χ1) is 7.44. The van der Waals surface area contributed by atoms with Crippen LogP contribution in [0, 0.1) is 6.92 Å². The second-order valence-corrected chi connectivity index (χ2v) is 10.9. The minimum absolute atomic E-state index is 0.494. The number of aromatic nitrogens is 2. The van der Waals surface area contributed by atoms with E-state index in [1.54, 1.807) is 6.33 Å². The first kappa shape index (κ1) is 13.4. The molecule has 0 atom stereocenters. The van der Waals surface area contributed by atoms with Gasteiger partial charge in [-0.05, 0) is 13.0 Å². The molecule has 0 aliphatic rings. The van der Waals surface area contributed by atoms with E-state index in [1.807, 2.05) is 11.5 Å². The molecule has 0 bridgehead atoms. The molecular weight excluding hydrogens is 218 g/mol. The van der Waals surface area contributed by atoms with Crippen LogP contribution in [0.2, 0.25) is 25.7 Å². The Morgan fingerprint density at radius 3 is 2.62 bits per heavy atom. The topological polar surface area (TPSA) is 53.1 Å². The number of nitrogens with two attached hydrogens (primary N) is 1. The molecule has 4 nitrogen and oxygen atoms in total. The summed E-state index contributed by atoms with van der Waals surface area (Å²) in [7, 11) is -0.981. The van der Waals surface area contributed by atoms with E-state index in [0.29, 0.717) is 13.3 Å². The maximum atomic E-state index is 5.65. The molecule has 0 fully saturated rings. The lowest BCUT2D eigenvalue weighted by Gasteiger charge is -2.15. The standard InChI is InChI=1S/C11H23N3OSi/c1-10-11(7-12)13-8-14(10)9-15-5-6-16(2,3)4/h8H,5-7,9,12H2,1-4H3. The highest BCUT2D eigenvalue weighted by Gasteiger charge is 2.12. The van der Waals surface area contributed by atoms with Gasteiger partial charge in [0.2, 0.25) is 0 Å². The van der Waals surface area contributed by atoms with Crippen LogP contribution >= 0.6 is 0 Å². The Morgan fingerprint density at radius 2 is 2.12 bits per heavy atom. The van der Waals surface area contributed by atoms with E-state index >= 15 is 0 Å². The van der Waals surface area contributed by atoms with Gasteiger partial charge >= 0.3 is 0 Å². The molecule has 1 heterocycles. The molecule has 0 aliphatic heterocycles. The third-order valence-corrected chi connectivity index (χ3v) is 4.33. The van der Waals surface area contributed by atoms with Crippen molar-refractivity contribution in [2.75, 3.05) is 6.61 Å². The lowest BCUT2D eigenvalue weighted by molar-refractivity contribution is 0.0858. The van der Waals surface area contributed by atoms with Gasteiger partial charge in [-0.15, -0.1) is 0 Å². The molecule has 1 aromatic rings. The molecule has 1 aromatic heterocycles. The van der Waals surface area contributed by atoms with Crippen molar-refractivity contribution in [2.24, 2.45) is 5.73 Å². The minimum Gasteiger partial charge on any atom is -0.361 e. The smallest absolute Gasteiger partial charge is 0.123 e. The number of hydrogen-bond donors (Lipinski definition) is 1.